The molecule has 1 spiro atoms. The topological polar surface area (TPSA) is 94.8 Å². The number of thiophene rings is 2. The van der Waals surface area contributed by atoms with Gasteiger partial charge >= 0.3 is 10.4 Å². The molecule has 0 saturated heterocycles. The number of hydrogen-bond donors (Lipinski definition) is 3. The van der Waals surface area contributed by atoms with Crippen LogP contribution in [0.2, 0.25) is 0 Å². The van der Waals surface area contributed by atoms with E-state index in [1.165, 1.54) is 62.7 Å². The van der Waals surface area contributed by atoms with E-state index in [1.54, 1.807) is 23.1 Å². The predicted octanol–water partition coefficient (Wildman–Crippen LogP) is 15.9. The maximum absolute atomic E-state index is 12.6. The molecule has 0 amide bonds. The number of aliphatic hydroxyl groups is 1. The lowest BCUT2D eigenvalue weighted by Crippen LogP contribution is -2.31. The molecule has 0 radical (unpaired) electrons. The molecule has 1 unspecified atom stereocenters. The van der Waals surface area contributed by atoms with Gasteiger partial charge in [0.25, 0.3) is 0 Å². The van der Waals surface area contributed by atoms with Crippen LogP contribution in [0.1, 0.15) is 37.6 Å². The maximum atomic E-state index is 12.6. The summed E-state index contributed by atoms with van der Waals surface area (Å²) >= 11 is 14.6. The minimum atomic E-state index is -4.67. The Morgan fingerprint density at radius 2 is 0.848 bits per heavy atom. The van der Waals surface area contributed by atoms with Crippen molar-refractivity contribution in [1.29, 1.82) is 0 Å². The Balaban J connectivity index is 0.000000133. The van der Waals surface area contributed by atoms with Crippen molar-refractivity contribution in [1.82, 2.24) is 0 Å². The molecule has 8 aromatic carbocycles. The van der Waals surface area contributed by atoms with Crippen molar-refractivity contribution in [3.8, 4) is 22.3 Å². The van der Waals surface area contributed by atoms with Crippen LogP contribution in [0.4, 0.5) is 0 Å². The summed E-state index contributed by atoms with van der Waals surface area (Å²) < 4.78 is 36.3. The first-order valence-corrected chi connectivity index (χ1v) is 27.0. The first-order chi connectivity index (χ1) is 31.9. The minimum Gasteiger partial charge on any atom is -0.375 e. The first kappa shape index (κ1) is 43.7. The molecule has 10 aromatic rings. The zero-order valence-electron chi connectivity index (χ0n) is 34.4. The summed E-state index contributed by atoms with van der Waals surface area (Å²) in [6, 6.07) is 66.9. The lowest BCUT2D eigenvalue weighted by molar-refractivity contribution is 0.123. The van der Waals surface area contributed by atoms with Gasteiger partial charge in [-0.25, -0.2) is 0 Å². The molecular formula is C54H34Br2O5S5. The van der Waals surface area contributed by atoms with Crippen LogP contribution < -0.4 is 0 Å². The fourth-order valence-corrected chi connectivity index (χ4v) is 16.4. The predicted molar refractivity (Wildman–Crippen MR) is 279 cm³/mol. The molecular weight excluding hydrogens is 1050 g/mol. The molecule has 2 aromatic heterocycles. The van der Waals surface area contributed by atoms with Crippen molar-refractivity contribution in [2.45, 2.75) is 30.6 Å². The Labute approximate surface area is 415 Å². The van der Waals surface area contributed by atoms with E-state index in [0.29, 0.717) is 0 Å². The molecule has 66 heavy (non-hydrogen) atoms. The first-order valence-electron chi connectivity index (χ1n) is 20.7. The SMILES string of the molecule is Brc1ccc2c3c(sc2c1)C1(c2ccccc2S3)c2ccccc2-c2ccccc21.O=S(=O)(O)O.OC1(c2ccccc2-c2ccccc2)c2ccccc2Sc2c1sc1cc(Br)ccc21. The van der Waals surface area contributed by atoms with E-state index in [-0.39, 0.29) is 5.41 Å². The van der Waals surface area contributed by atoms with Gasteiger partial charge in [0.1, 0.15) is 0 Å². The highest BCUT2D eigenvalue weighted by atomic mass is 79.9. The van der Waals surface area contributed by atoms with E-state index in [4.69, 9.17) is 17.5 Å². The molecule has 324 valence electrons. The molecule has 0 saturated carbocycles. The van der Waals surface area contributed by atoms with Crippen LogP contribution in [0, 0.1) is 0 Å². The second kappa shape index (κ2) is 17.0. The van der Waals surface area contributed by atoms with E-state index < -0.39 is 16.0 Å². The largest absolute Gasteiger partial charge is 0.394 e. The van der Waals surface area contributed by atoms with Gasteiger partial charge in [-0.3, -0.25) is 9.11 Å². The molecule has 2 aliphatic heterocycles. The number of fused-ring (bicyclic) bond motifs is 15. The summed E-state index contributed by atoms with van der Waals surface area (Å²) in [5.74, 6) is 0. The van der Waals surface area contributed by atoms with Crippen molar-refractivity contribution in [3.63, 3.8) is 0 Å². The zero-order valence-corrected chi connectivity index (χ0v) is 41.6. The summed E-state index contributed by atoms with van der Waals surface area (Å²) in [4.78, 5) is 7.47. The van der Waals surface area contributed by atoms with E-state index in [2.05, 4.69) is 177 Å². The van der Waals surface area contributed by atoms with Crippen LogP contribution in [-0.2, 0) is 21.4 Å². The van der Waals surface area contributed by atoms with Gasteiger partial charge in [0.05, 0.1) is 10.3 Å². The summed E-state index contributed by atoms with van der Waals surface area (Å²) in [7, 11) is -4.67. The smallest absolute Gasteiger partial charge is 0.375 e. The normalized spacial score (nSPS) is 15.8. The van der Waals surface area contributed by atoms with Crippen molar-refractivity contribution >= 4 is 109 Å². The standard InChI is InChI=1S/C27H17BrOS2.C27H15BrS2.H2O4S/c28-18-14-15-20-24(16-18)31-26-25(20)30-23-13-7-6-12-22(23)27(26,29)21-11-5-4-10-19(21)17-8-2-1-3-9-17;28-16-13-14-19-24(15-16)30-26-25(19)29-23-12-6-5-11-22(23)27(26)20-9-3-1-7-17(20)18-8-2-4-10-21(18)27;1-5(2,3)4/h1-16,29H;1-15H;(H2,1,2,3,4). The van der Waals surface area contributed by atoms with Crippen LogP contribution in [0.15, 0.2) is 217 Å². The number of halogens is 2. The Morgan fingerprint density at radius 1 is 0.439 bits per heavy atom. The number of rotatable bonds is 2. The van der Waals surface area contributed by atoms with Crippen molar-refractivity contribution in [2.24, 2.45) is 0 Å². The molecule has 5 nitrogen and oxygen atoms in total. The van der Waals surface area contributed by atoms with E-state index in [0.717, 1.165) is 45.9 Å². The van der Waals surface area contributed by atoms with Gasteiger partial charge in [0, 0.05) is 64.7 Å². The van der Waals surface area contributed by atoms with Crippen molar-refractivity contribution < 1.29 is 22.6 Å². The Morgan fingerprint density at radius 3 is 1.41 bits per heavy atom. The Bertz CT molecular complexity index is 3610. The summed E-state index contributed by atoms with van der Waals surface area (Å²) in [5.41, 5.74) is 9.49. The third kappa shape index (κ3) is 7.25. The molecule has 0 fully saturated rings. The fourth-order valence-electron chi connectivity index (χ4n) is 9.67. The monoisotopic (exact) mass is 1080 g/mol. The van der Waals surface area contributed by atoms with Gasteiger partial charge in [-0.05, 0) is 75.3 Å². The van der Waals surface area contributed by atoms with Gasteiger partial charge in [0.2, 0.25) is 0 Å². The van der Waals surface area contributed by atoms with E-state index >= 15 is 0 Å². The van der Waals surface area contributed by atoms with Crippen LogP contribution in [0.3, 0.4) is 0 Å². The van der Waals surface area contributed by atoms with Gasteiger partial charge in [0.15, 0.2) is 5.60 Å². The lowest BCUT2D eigenvalue weighted by atomic mass is 9.71. The van der Waals surface area contributed by atoms with Gasteiger partial charge < -0.3 is 5.11 Å². The van der Waals surface area contributed by atoms with Crippen molar-refractivity contribution in [2.75, 3.05) is 0 Å². The minimum absolute atomic E-state index is 0.249. The second-order valence-corrected chi connectivity index (χ2v) is 22.8. The summed E-state index contributed by atoms with van der Waals surface area (Å²) in [6.07, 6.45) is 0. The molecule has 3 aliphatic rings. The van der Waals surface area contributed by atoms with Crippen LogP contribution in [0.5, 0.6) is 0 Å². The van der Waals surface area contributed by atoms with Crippen LogP contribution >= 0.6 is 78.1 Å². The molecule has 3 N–H and O–H groups in total. The maximum Gasteiger partial charge on any atom is 0.394 e. The summed E-state index contributed by atoms with van der Waals surface area (Å²) in [5, 5.41) is 15.2. The number of benzene rings is 8. The van der Waals surface area contributed by atoms with Gasteiger partial charge in [-0.15, -0.1) is 22.7 Å². The van der Waals surface area contributed by atoms with Gasteiger partial charge in [-0.2, -0.15) is 8.42 Å². The second-order valence-electron chi connectivity index (χ2n) is 15.9. The lowest BCUT2D eigenvalue weighted by Gasteiger charge is -2.37. The Kier molecular flexibility index (Phi) is 11.3. The molecule has 13 rings (SSSR count). The highest BCUT2D eigenvalue weighted by molar-refractivity contribution is 9.10. The highest BCUT2D eigenvalue weighted by Gasteiger charge is 2.51. The average molecular weight is 1080 g/mol. The van der Waals surface area contributed by atoms with Gasteiger partial charge in [-0.1, -0.05) is 207 Å². The molecule has 1 aliphatic carbocycles. The molecule has 1 atom stereocenters. The average Bonchev–Trinajstić information content (AvgIpc) is 3.97. The number of hydrogen-bond acceptors (Lipinski definition) is 7. The van der Waals surface area contributed by atoms with Crippen LogP contribution in [0.25, 0.3) is 42.4 Å². The molecule has 12 heteroatoms. The van der Waals surface area contributed by atoms with Crippen LogP contribution in [-0.4, -0.2) is 22.6 Å². The third-order valence-corrected chi connectivity index (χ3v) is 18.4. The zero-order chi connectivity index (χ0) is 45.4. The third-order valence-electron chi connectivity index (χ3n) is 12.2. The van der Waals surface area contributed by atoms with E-state index in [9.17, 15) is 5.11 Å². The Hall–Kier alpha value is -4.83. The quantitative estimate of drug-likeness (QED) is 0.148. The molecule has 0 bridgehead atoms. The van der Waals surface area contributed by atoms with Crippen molar-refractivity contribution in [3.05, 3.63) is 235 Å². The summed E-state index contributed by atoms with van der Waals surface area (Å²) in [6.45, 7) is 0. The highest BCUT2D eigenvalue weighted by Crippen LogP contribution is 2.65. The van der Waals surface area contributed by atoms with E-state index in [1.807, 2.05) is 65.6 Å². The fraction of sp³-hybridized carbons (Fsp3) is 0.0370. The molecule has 4 heterocycles.